The minimum Gasteiger partial charge on any atom is -0.339 e. The summed E-state index contributed by atoms with van der Waals surface area (Å²) >= 11 is 0. The van der Waals surface area contributed by atoms with Crippen molar-refractivity contribution in [3.05, 3.63) is 77.4 Å². The molecular formula is C26H27N5O2. The molecule has 2 aromatic carbocycles. The number of anilines is 1. The molecule has 1 N–H and O–H groups in total. The zero-order valence-corrected chi connectivity index (χ0v) is 19.1. The summed E-state index contributed by atoms with van der Waals surface area (Å²) < 4.78 is 7.14. The van der Waals surface area contributed by atoms with Crippen molar-refractivity contribution < 1.29 is 9.32 Å². The van der Waals surface area contributed by atoms with Gasteiger partial charge in [-0.3, -0.25) is 4.79 Å². The van der Waals surface area contributed by atoms with Crippen LogP contribution in [0.1, 0.15) is 72.5 Å². The fraction of sp³-hybridized carbons (Fsp3) is 0.308. The second-order valence-corrected chi connectivity index (χ2v) is 8.93. The van der Waals surface area contributed by atoms with E-state index in [4.69, 9.17) is 4.52 Å². The van der Waals surface area contributed by atoms with E-state index in [9.17, 15) is 4.79 Å². The summed E-state index contributed by atoms with van der Waals surface area (Å²) in [5, 5.41) is 11.6. The second kappa shape index (κ2) is 8.65. The number of carbonyl (C=O) groups is 1. The number of aromatic nitrogens is 4. The first-order chi connectivity index (χ1) is 16.0. The molecule has 0 atom stereocenters. The third-order valence-corrected chi connectivity index (χ3v) is 6.26. The van der Waals surface area contributed by atoms with E-state index < -0.39 is 0 Å². The molecule has 0 unspecified atom stereocenters. The van der Waals surface area contributed by atoms with E-state index in [2.05, 4.69) is 34.4 Å². The number of amides is 1. The van der Waals surface area contributed by atoms with Gasteiger partial charge in [-0.2, -0.15) is 10.1 Å². The minimum absolute atomic E-state index is 0.178. The van der Waals surface area contributed by atoms with Crippen molar-refractivity contribution in [3.8, 4) is 17.1 Å². The number of nitrogens with one attached hydrogen (secondary N) is 1. The Morgan fingerprint density at radius 1 is 1.09 bits per heavy atom. The van der Waals surface area contributed by atoms with Gasteiger partial charge in [0.2, 0.25) is 11.7 Å². The van der Waals surface area contributed by atoms with Gasteiger partial charge in [-0.15, -0.1) is 0 Å². The number of nitrogens with zero attached hydrogens (tertiary/aromatic N) is 4. The van der Waals surface area contributed by atoms with Crippen LogP contribution in [0, 0.1) is 6.92 Å². The van der Waals surface area contributed by atoms with Crippen LogP contribution >= 0.6 is 0 Å². The lowest BCUT2D eigenvalue weighted by atomic mass is 9.85. The number of hydrogen-bond acceptors (Lipinski definition) is 5. The molecule has 0 spiro atoms. The molecule has 0 radical (unpaired) electrons. The predicted octanol–water partition coefficient (Wildman–Crippen LogP) is 5.87. The lowest BCUT2D eigenvalue weighted by Crippen LogP contribution is -2.12. The number of aryl methyl sites for hydroxylation is 1. The standard InChI is InChI=1S/C26H27N5O2/c1-16(2)18-7-11-21(12-8-18)27-25(32)23-15-31(29-17(23)3)22-13-9-19(10-14-22)24-28-26(33-30-24)20-5-4-6-20/h7-16,20H,4-6H2,1-3H3,(H,27,32). The van der Waals surface area contributed by atoms with Gasteiger partial charge in [0.05, 0.1) is 16.9 Å². The maximum Gasteiger partial charge on any atom is 0.259 e. The Bertz CT molecular complexity index is 1270. The maximum absolute atomic E-state index is 12.8. The van der Waals surface area contributed by atoms with E-state index in [1.54, 1.807) is 10.9 Å². The van der Waals surface area contributed by atoms with Crippen LogP contribution in [0.25, 0.3) is 17.1 Å². The average molecular weight is 442 g/mol. The van der Waals surface area contributed by atoms with E-state index in [0.717, 1.165) is 35.7 Å². The summed E-state index contributed by atoms with van der Waals surface area (Å²) in [4.78, 5) is 17.4. The summed E-state index contributed by atoms with van der Waals surface area (Å²) in [5.74, 6) is 2.02. The third-order valence-electron chi connectivity index (χ3n) is 6.26. The van der Waals surface area contributed by atoms with Crippen LogP contribution < -0.4 is 5.32 Å². The Hall–Kier alpha value is -3.74. The van der Waals surface area contributed by atoms with Gasteiger partial charge in [0.1, 0.15) is 0 Å². The van der Waals surface area contributed by atoms with Gasteiger partial charge < -0.3 is 9.84 Å². The molecule has 168 valence electrons. The molecular weight excluding hydrogens is 414 g/mol. The zero-order valence-electron chi connectivity index (χ0n) is 19.1. The van der Waals surface area contributed by atoms with Crippen molar-refractivity contribution in [2.45, 2.75) is 51.9 Å². The van der Waals surface area contributed by atoms with Crippen LogP contribution in [0.4, 0.5) is 5.69 Å². The van der Waals surface area contributed by atoms with Gasteiger partial charge in [0.25, 0.3) is 5.91 Å². The maximum atomic E-state index is 12.8. The SMILES string of the molecule is Cc1nn(-c2ccc(-c3noc(C4CCC4)n3)cc2)cc1C(=O)Nc1ccc(C(C)C)cc1. The molecule has 0 aliphatic heterocycles. The number of rotatable bonds is 6. The summed E-state index contributed by atoms with van der Waals surface area (Å²) in [7, 11) is 0. The molecule has 5 rings (SSSR count). The summed E-state index contributed by atoms with van der Waals surface area (Å²) in [6.45, 7) is 6.13. The predicted molar refractivity (Wildman–Crippen MR) is 127 cm³/mol. The highest BCUT2D eigenvalue weighted by molar-refractivity contribution is 6.04. The summed E-state index contributed by atoms with van der Waals surface area (Å²) in [6, 6.07) is 15.7. The van der Waals surface area contributed by atoms with Gasteiger partial charge in [-0.25, -0.2) is 4.68 Å². The highest BCUT2D eigenvalue weighted by Crippen LogP contribution is 2.36. The average Bonchev–Trinajstić information content (AvgIpc) is 3.40. The molecule has 4 aromatic rings. The Morgan fingerprint density at radius 2 is 1.82 bits per heavy atom. The van der Waals surface area contributed by atoms with Crippen LogP contribution in [0.5, 0.6) is 0 Å². The van der Waals surface area contributed by atoms with Crippen molar-refractivity contribution in [2.24, 2.45) is 0 Å². The molecule has 0 bridgehead atoms. The first kappa shape index (κ1) is 21.1. The van der Waals surface area contributed by atoms with Crippen LogP contribution in [0.2, 0.25) is 0 Å². The van der Waals surface area contributed by atoms with Gasteiger partial charge in [0.15, 0.2) is 0 Å². The van der Waals surface area contributed by atoms with Crippen LogP contribution in [0.15, 0.2) is 59.3 Å². The minimum atomic E-state index is -0.178. The highest BCUT2D eigenvalue weighted by atomic mass is 16.5. The van der Waals surface area contributed by atoms with Gasteiger partial charge in [0, 0.05) is 23.4 Å². The van der Waals surface area contributed by atoms with E-state index >= 15 is 0 Å². The smallest absolute Gasteiger partial charge is 0.259 e. The normalized spacial score (nSPS) is 13.8. The van der Waals surface area contributed by atoms with Gasteiger partial charge in [-0.05, 0) is 67.6 Å². The number of carbonyl (C=O) groups excluding carboxylic acids is 1. The zero-order chi connectivity index (χ0) is 22.9. The lowest BCUT2D eigenvalue weighted by Gasteiger charge is -2.20. The number of hydrogen-bond donors (Lipinski definition) is 1. The monoisotopic (exact) mass is 441 g/mol. The van der Waals surface area contributed by atoms with Gasteiger partial charge in [-0.1, -0.05) is 37.6 Å². The lowest BCUT2D eigenvalue weighted by molar-refractivity contribution is 0.102. The molecule has 1 amide bonds. The highest BCUT2D eigenvalue weighted by Gasteiger charge is 2.25. The quantitative estimate of drug-likeness (QED) is 0.404. The van der Waals surface area contributed by atoms with E-state index in [0.29, 0.717) is 28.9 Å². The van der Waals surface area contributed by atoms with E-state index in [1.807, 2.05) is 55.5 Å². The third kappa shape index (κ3) is 4.31. The topological polar surface area (TPSA) is 85.8 Å². The first-order valence-electron chi connectivity index (χ1n) is 11.4. The van der Waals surface area contributed by atoms with Crippen LogP contribution in [-0.2, 0) is 0 Å². The molecule has 7 nitrogen and oxygen atoms in total. The van der Waals surface area contributed by atoms with Crippen molar-refractivity contribution in [3.63, 3.8) is 0 Å². The first-order valence-corrected chi connectivity index (χ1v) is 11.4. The van der Waals surface area contributed by atoms with Crippen molar-refractivity contribution in [1.82, 2.24) is 19.9 Å². The second-order valence-electron chi connectivity index (χ2n) is 8.93. The Labute approximate surface area is 192 Å². The molecule has 2 aromatic heterocycles. The molecule has 1 aliphatic carbocycles. The van der Waals surface area contributed by atoms with E-state index in [-0.39, 0.29) is 5.91 Å². The van der Waals surface area contributed by atoms with Crippen molar-refractivity contribution in [2.75, 3.05) is 5.32 Å². The van der Waals surface area contributed by atoms with Crippen molar-refractivity contribution in [1.29, 1.82) is 0 Å². The fourth-order valence-electron chi connectivity index (χ4n) is 3.90. The molecule has 0 saturated heterocycles. The molecule has 33 heavy (non-hydrogen) atoms. The van der Waals surface area contributed by atoms with Gasteiger partial charge >= 0.3 is 0 Å². The Morgan fingerprint density at radius 3 is 2.45 bits per heavy atom. The molecule has 2 heterocycles. The summed E-state index contributed by atoms with van der Waals surface area (Å²) in [5.41, 5.74) is 4.95. The largest absolute Gasteiger partial charge is 0.339 e. The molecule has 1 aliphatic rings. The summed E-state index contributed by atoms with van der Waals surface area (Å²) in [6.07, 6.45) is 5.23. The number of benzene rings is 2. The molecule has 7 heteroatoms. The van der Waals surface area contributed by atoms with Crippen LogP contribution in [0.3, 0.4) is 0 Å². The van der Waals surface area contributed by atoms with E-state index in [1.165, 1.54) is 12.0 Å². The molecule has 1 saturated carbocycles. The van der Waals surface area contributed by atoms with Crippen LogP contribution in [-0.4, -0.2) is 25.8 Å². The Balaban J connectivity index is 1.30. The fourth-order valence-corrected chi connectivity index (χ4v) is 3.90. The Kier molecular flexibility index (Phi) is 5.54. The van der Waals surface area contributed by atoms with Crippen molar-refractivity contribution >= 4 is 11.6 Å². The molecule has 1 fully saturated rings.